The maximum atomic E-state index is 13.0. The van der Waals surface area contributed by atoms with Crippen LogP contribution in [0.1, 0.15) is 48.4 Å². The summed E-state index contributed by atoms with van der Waals surface area (Å²) >= 11 is 1.46. The van der Waals surface area contributed by atoms with Crippen LogP contribution >= 0.6 is 11.3 Å². The number of aliphatic hydroxyl groups is 1. The molecule has 38 heavy (non-hydrogen) atoms. The van der Waals surface area contributed by atoms with Gasteiger partial charge in [0.05, 0.1) is 24.0 Å². The van der Waals surface area contributed by atoms with Crippen molar-refractivity contribution in [3.05, 3.63) is 52.9 Å². The number of halogens is 3. The predicted molar refractivity (Wildman–Crippen MR) is 137 cm³/mol. The van der Waals surface area contributed by atoms with Crippen LogP contribution in [0.2, 0.25) is 0 Å². The number of aryl methyl sites for hydroxylation is 1. The van der Waals surface area contributed by atoms with Gasteiger partial charge >= 0.3 is 6.18 Å². The summed E-state index contributed by atoms with van der Waals surface area (Å²) < 4.78 is 39.1. The largest absolute Gasteiger partial charge is 0.433 e. The van der Waals surface area contributed by atoms with Crippen molar-refractivity contribution in [2.45, 2.75) is 50.6 Å². The molecule has 1 fully saturated rings. The predicted octanol–water partition coefficient (Wildman–Crippen LogP) is 5.12. The quantitative estimate of drug-likeness (QED) is 0.336. The minimum atomic E-state index is -4.57. The maximum absolute atomic E-state index is 13.0. The van der Waals surface area contributed by atoms with Crippen molar-refractivity contribution in [2.75, 3.05) is 18.5 Å². The molecular formula is C26H27F3N6O2S. The highest BCUT2D eigenvalue weighted by Crippen LogP contribution is 2.44. The number of thiazole rings is 1. The summed E-state index contributed by atoms with van der Waals surface area (Å²) in [7, 11) is 0. The van der Waals surface area contributed by atoms with Crippen molar-refractivity contribution in [3.8, 4) is 16.5 Å². The Kier molecular flexibility index (Phi) is 8.28. The van der Waals surface area contributed by atoms with Gasteiger partial charge in [-0.15, -0.1) is 11.3 Å². The van der Waals surface area contributed by atoms with Crippen molar-refractivity contribution in [2.24, 2.45) is 5.92 Å². The van der Waals surface area contributed by atoms with Crippen molar-refractivity contribution < 1.29 is 23.1 Å². The molecule has 1 saturated carbocycles. The zero-order valence-electron chi connectivity index (χ0n) is 20.7. The fourth-order valence-electron chi connectivity index (χ4n) is 4.61. The lowest BCUT2D eigenvalue weighted by Gasteiger charge is -2.36. The van der Waals surface area contributed by atoms with Crippen LogP contribution in [0, 0.1) is 24.2 Å². The second-order valence-corrected chi connectivity index (χ2v) is 10.4. The number of nitrogens with zero attached hydrogens (tertiary/aromatic N) is 4. The molecule has 8 nitrogen and oxygen atoms in total. The second-order valence-electron chi connectivity index (χ2n) is 9.42. The van der Waals surface area contributed by atoms with Crippen molar-refractivity contribution in [1.82, 2.24) is 20.3 Å². The molecule has 0 unspecified atom stereocenters. The molecule has 2 aromatic heterocycles. The van der Waals surface area contributed by atoms with E-state index >= 15 is 0 Å². The first-order chi connectivity index (χ1) is 18.1. The van der Waals surface area contributed by atoms with E-state index in [-0.39, 0.29) is 30.8 Å². The molecule has 0 aliphatic heterocycles. The first-order valence-electron chi connectivity index (χ1n) is 12.1. The van der Waals surface area contributed by atoms with Gasteiger partial charge in [-0.05, 0) is 61.9 Å². The number of carbonyl (C=O) groups is 1. The van der Waals surface area contributed by atoms with Crippen LogP contribution < -0.4 is 10.6 Å². The lowest BCUT2D eigenvalue weighted by Crippen LogP contribution is -2.40. The number of aromatic nitrogens is 3. The third kappa shape index (κ3) is 6.28. The monoisotopic (exact) mass is 544 g/mol. The Morgan fingerprint density at radius 1 is 1.26 bits per heavy atom. The molecule has 0 radical (unpaired) electrons. The van der Waals surface area contributed by atoms with E-state index in [9.17, 15) is 23.1 Å². The summed E-state index contributed by atoms with van der Waals surface area (Å²) in [4.78, 5) is 25.3. The topological polar surface area (TPSA) is 124 Å². The fourth-order valence-corrected chi connectivity index (χ4v) is 5.75. The number of anilines is 2. The zero-order chi connectivity index (χ0) is 27.3. The molecule has 1 aliphatic carbocycles. The van der Waals surface area contributed by atoms with Gasteiger partial charge in [-0.25, -0.2) is 15.0 Å². The molecule has 0 spiro atoms. The van der Waals surface area contributed by atoms with Crippen LogP contribution in [0.25, 0.3) is 10.4 Å². The summed E-state index contributed by atoms with van der Waals surface area (Å²) in [5.41, 5.74) is 0.671. The normalized spacial score (nSPS) is 19.5. The number of amides is 1. The van der Waals surface area contributed by atoms with Gasteiger partial charge in [0.1, 0.15) is 10.7 Å². The van der Waals surface area contributed by atoms with Crippen LogP contribution in [0.5, 0.6) is 0 Å². The number of rotatable bonds is 8. The average molecular weight is 545 g/mol. The fraction of sp³-hybridized carbons (Fsp3) is 0.423. The van der Waals surface area contributed by atoms with E-state index in [1.54, 1.807) is 18.3 Å². The Balaban J connectivity index is 1.50. The van der Waals surface area contributed by atoms with Crippen molar-refractivity contribution in [1.29, 1.82) is 5.26 Å². The number of nitrogens with one attached hydrogen (secondary N) is 2. The highest BCUT2D eigenvalue weighted by Gasteiger charge is 2.40. The Morgan fingerprint density at radius 2 is 2.03 bits per heavy atom. The minimum Gasteiger partial charge on any atom is -0.395 e. The summed E-state index contributed by atoms with van der Waals surface area (Å²) in [6.45, 7) is 2.12. The van der Waals surface area contributed by atoms with E-state index in [2.05, 4.69) is 25.6 Å². The van der Waals surface area contributed by atoms with Crippen LogP contribution in [-0.2, 0) is 16.4 Å². The highest BCUT2D eigenvalue weighted by atomic mass is 32.1. The molecule has 0 bridgehead atoms. The van der Waals surface area contributed by atoms with Crippen LogP contribution in [0.15, 0.2) is 36.7 Å². The van der Waals surface area contributed by atoms with E-state index in [4.69, 9.17) is 5.26 Å². The van der Waals surface area contributed by atoms with E-state index in [0.29, 0.717) is 37.9 Å². The molecule has 3 aromatic rings. The Labute approximate surface area is 222 Å². The van der Waals surface area contributed by atoms with Crippen molar-refractivity contribution >= 4 is 28.9 Å². The molecule has 1 aliphatic rings. The molecule has 0 saturated heterocycles. The average Bonchev–Trinajstić information content (AvgIpc) is 3.39. The van der Waals surface area contributed by atoms with Gasteiger partial charge in [0, 0.05) is 36.0 Å². The third-order valence-corrected chi connectivity index (χ3v) is 7.97. The van der Waals surface area contributed by atoms with Gasteiger partial charge in [0.15, 0.2) is 0 Å². The highest BCUT2D eigenvalue weighted by molar-refractivity contribution is 7.15. The number of nitriles is 1. The standard InChI is InChI=1S/C26H27F3N6O2S/c1-16-11-18(13-19(12-16)34-24-32-10-5-21(35-24)26(27,28)29)20-14-33-23(38-20)25(15-36)6-3-17(4-7-25)22(37)31-9-2-8-30/h5,10-14,17,36H,2-4,6-7,9,15H2,1H3,(H,31,37)(H,32,34,35). The van der Waals surface area contributed by atoms with Gasteiger partial charge < -0.3 is 15.7 Å². The van der Waals surface area contributed by atoms with Gasteiger partial charge in [0.25, 0.3) is 0 Å². The Morgan fingerprint density at radius 3 is 2.71 bits per heavy atom. The number of benzene rings is 1. The molecule has 4 rings (SSSR count). The molecule has 200 valence electrons. The Hall–Kier alpha value is -3.56. The van der Waals surface area contributed by atoms with Crippen LogP contribution in [0.4, 0.5) is 24.8 Å². The maximum Gasteiger partial charge on any atom is 0.433 e. The van der Waals surface area contributed by atoms with Crippen molar-refractivity contribution in [3.63, 3.8) is 0 Å². The number of hydrogen-bond donors (Lipinski definition) is 3. The van der Waals surface area contributed by atoms with E-state index < -0.39 is 17.3 Å². The lowest BCUT2D eigenvalue weighted by molar-refractivity contribution is -0.141. The van der Waals surface area contributed by atoms with Gasteiger partial charge in [0.2, 0.25) is 11.9 Å². The minimum absolute atomic E-state index is 0.0591. The molecule has 1 amide bonds. The lowest BCUT2D eigenvalue weighted by atomic mass is 9.71. The number of carbonyl (C=O) groups excluding carboxylic acids is 1. The summed E-state index contributed by atoms with van der Waals surface area (Å²) in [6, 6.07) is 8.35. The van der Waals surface area contributed by atoms with Gasteiger partial charge in [-0.3, -0.25) is 4.79 Å². The SMILES string of the molecule is Cc1cc(Nc2nccc(C(F)(F)F)n2)cc(-c2cnc(C3(CO)CCC(C(=O)NCCC#N)CC3)s2)c1. The van der Waals surface area contributed by atoms with E-state index in [1.807, 2.05) is 19.1 Å². The molecule has 2 heterocycles. The van der Waals surface area contributed by atoms with E-state index in [1.165, 1.54) is 11.3 Å². The number of aliphatic hydroxyl groups excluding tert-OH is 1. The van der Waals surface area contributed by atoms with Crippen LogP contribution in [0.3, 0.4) is 0 Å². The summed E-state index contributed by atoms with van der Waals surface area (Å²) in [6.07, 6.45) is 0.942. The first-order valence-corrected chi connectivity index (χ1v) is 13.0. The summed E-state index contributed by atoms with van der Waals surface area (Å²) in [5, 5.41) is 25.4. The van der Waals surface area contributed by atoms with Crippen LogP contribution in [-0.4, -0.2) is 39.1 Å². The molecule has 12 heteroatoms. The second kappa shape index (κ2) is 11.4. The number of alkyl halides is 3. The Bertz CT molecular complexity index is 1330. The summed E-state index contributed by atoms with van der Waals surface area (Å²) in [5.74, 6) is -0.374. The molecule has 0 atom stereocenters. The third-order valence-electron chi connectivity index (χ3n) is 6.68. The molecule has 1 aromatic carbocycles. The smallest absolute Gasteiger partial charge is 0.395 e. The first kappa shape index (κ1) is 27.5. The van der Waals surface area contributed by atoms with Gasteiger partial charge in [-0.1, -0.05) is 6.07 Å². The molecule has 3 N–H and O–H groups in total. The molecular weight excluding hydrogens is 517 g/mol. The van der Waals surface area contributed by atoms with Gasteiger partial charge in [-0.2, -0.15) is 18.4 Å². The number of hydrogen-bond acceptors (Lipinski definition) is 8. The van der Waals surface area contributed by atoms with E-state index in [0.717, 1.165) is 33.3 Å². The zero-order valence-corrected chi connectivity index (χ0v) is 21.5.